The van der Waals surface area contributed by atoms with Crippen molar-refractivity contribution in [3.8, 4) is 5.75 Å². The Morgan fingerprint density at radius 1 is 1.22 bits per heavy atom. The van der Waals surface area contributed by atoms with E-state index in [0.29, 0.717) is 17.0 Å². The van der Waals surface area contributed by atoms with Gasteiger partial charge in [-0.25, -0.2) is 5.43 Å². The molecule has 0 fully saturated rings. The SMILES string of the molecule is CCc1ccc(OC(C)(C)C(=O)N/N=C(\C)c2cccc([N+](=O)[O-])c2)cc1. The lowest BCUT2D eigenvalue weighted by Crippen LogP contribution is -2.45. The number of nitro benzene ring substituents is 1. The van der Waals surface area contributed by atoms with Crippen LogP contribution in [0, 0.1) is 10.1 Å². The van der Waals surface area contributed by atoms with Gasteiger partial charge in [-0.1, -0.05) is 31.2 Å². The van der Waals surface area contributed by atoms with E-state index >= 15 is 0 Å². The summed E-state index contributed by atoms with van der Waals surface area (Å²) in [5, 5.41) is 14.9. The number of benzene rings is 2. The van der Waals surface area contributed by atoms with Crippen molar-refractivity contribution in [2.75, 3.05) is 0 Å². The van der Waals surface area contributed by atoms with E-state index in [-0.39, 0.29) is 5.69 Å². The Bertz CT molecular complexity index is 858. The standard InChI is InChI=1S/C20H23N3O4/c1-5-15-9-11-18(12-10-15)27-20(3,4)19(24)22-21-14(2)16-7-6-8-17(13-16)23(25)26/h6-13H,5H2,1-4H3,(H,22,24)/b21-14+. The van der Waals surface area contributed by atoms with Gasteiger partial charge in [-0.3, -0.25) is 14.9 Å². The van der Waals surface area contributed by atoms with Gasteiger partial charge in [0.1, 0.15) is 5.75 Å². The lowest BCUT2D eigenvalue weighted by molar-refractivity contribution is -0.384. The third kappa shape index (κ3) is 5.37. The highest BCUT2D eigenvalue weighted by atomic mass is 16.6. The van der Waals surface area contributed by atoms with Crippen LogP contribution >= 0.6 is 0 Å². The molecule has 1 N–H and O–H groups in total. The molecule has 0 aromatic heterocycles. The number of amides is 1. The van der Waals surface area contributed by atoms with Gasteiger partial charge in [-0.15, -0.1) is 0 Å². The van der Waals surface area contributed by atoms with Crippen molar-refractivity contribution in [2.24, 2.45) is 5.10 Å². The van der Waals surface area contributed by atoms with Gasteiger partial charge in [0.05, 0.1) is 10.6 Å². The molecule has 0 bridgehead atoms. The van der Waals surface area contributed by atoms with E-state index in [1.54, 1.807) is 32.9 Å². The second-order valence-corrected chi connectivity index (χ2v) is 6.56. The molecule has 142 valence electrons. The fraction of sp³-hybridized carbons (Fsp3) is 0.300. The van der Waals surface area contributed by atoms with Crippen LogP contribution in [0.15, 0.2) is 53.6 Å². The molecular weight excluding hydrogens is 346 g/mol. The maximum atomic E-state index is 12.5. The minimum absolute atomic E-state index is 0.0347. The predicted octanol–water partition coefficient (Wildman–Crippen LogP) is 3.86. The fourth-order valence-corrected chi connectivity index (χ4v) is 2.31. The van der Waals surface area contributed by atoms with Gasteiger partial charge in [0.25, 0.3) is 11.6 Å². The van der Waals surface area contributed by atoms with Gasteiger partial charge in [0, 0.05) is 17.7 Å². The quantitative estimate of drug-likeness (QED) is 0.455. The number of hydrazone groups is 1. The summed E-state index contributed by atoms with van der Waals surface area (Å²) in [6.07, 6.45) is 0.926. The van der Waals surface area contributed by atoms with Gasteiger partial charge in [-0.05, 0) is 44.9 Å². The van der Waals surface area contributed by atoms with Crippen LogP contribution in [0.4, 0.5) is 5.69 Å². The summed E-state index contributed by atoms with van der Waals surface area (Å²) in [6, 6.07) is 13.6. The predicted molar refractivity (Wildman–Crippen MR) is 104 cm³/mol. The van der Waals surface area contributed by atoms with Crippen LogP contribution in [-0.4, -0.2) is 22.1 Å². The maximum absolute atomic E-state index is 12.5. The number of carbonyl (C=O) groups is 1. The largest absolute Gasteiger partial charge is 0.478 e. The minimum atomic E-state index is -1.14. The molecule has 7 nitrogen and oxygen atoms in total. The van der Waals surface area contributed by atoms with Crippen molar-refractivity contribution in [2.45, 2.75) is 39.7 Å². The Morgan fingerprint density at radius 2 is 1.89 bits per heavy atom. The van der Waals surface area contributed by atoms with Gasteiger partial charge < -0.3 is 4.74 Å². The number of ether oxygens (including phenoxy) is 1. The fourth-order valence-electron chi connectivity index (χ4n) is 2.31. The van der Waals surface area contributed by atoms with Gasteiger partial charge >= 0.3 is 0 Å². The van der Waals surface area contributed by atoms with Crippen molar-refractivity contribution >= 4 is 17.3 Å². The second kappa shape index (κ2) is 8.44. The molecule has 2 aromatic rings. The highest BCUT2D eigenvalue weighted by Gasteiger charge is 2.30. The summed E-state index contributed by atoms with van der Waals surface area (Å²) < 4.78 is 5.78. The zero-order valence-corrected chi connectivity index (χ0v) is 15.9. The Balaban J connectivity index is 2.06. The Labute approximate surface area is 158 Å². The minimum Gasteiger partial charge on any atom is -0.478 e. The van der Waals surface area contributed by atoms with Crippen LogP contribution in [0.25, 0.3) is 0 Å². The molecule has 0 saturated carbocycles. The molecule has 7 heteroatoms. The average Bonchev–Trinajstić information content (AvgIpc) is 2.66. The van der Waals surface area contributed by atoms with Gasteiger partial charge in [0.15, 0.2) is 5.60 Å². The smallest absolute Gasteiger partial charge is 0.283 e. The second-order valence-electron chi connectivity index (χ2n) is 6.56. The molecule has 1 amide bonds. The number of aryl methyl sites for hydroxylation is 1. The van der Waals surface area contributed by atoms with E-state index in [9.17, 15) is 14.9 Å². The highest BCUT2D eigenvalue weighted by molar-refractivity contribution is 6.00. The van der Waals surface area contributed by atoms with Crippen LogP contribution in [0.2, 0.25) is 0 Å². The van der Waals surface area contributed by atoms with E-state index < -0.39 is 16.4 Å². The first-order valence-corrected chi connectivity index (χ1v) is 8.60. The summed E-state index contributed by atoms with van der Waals surface area (Å²) in [5.74, 6) is 0.165. The van der Waals surface area contributed by atoms with E-state index in [1.807, 2.05) is 24.3 Å². The number of nitrogens with one attached hydrogen (secondary N) is 1. The molecule has 2 aromatic carbocycles. The molecule has 0 saturated heterocycles. The summed E-state index contributed by atoms with van der Waals surface area (Å²) in [6.45, 7) is 7.02. The highest BCUT2D eigenvalue weighted by Crippen LogP contribution is 2.20. The van der Waals surface area contributed by atoms with E-state index in [2.05, 4.69) is 17.5 Å². The topological polar surface area (TPSA) is 93.8 Å². The molecule has 0 aliphatic rings. The van der Waals surface area contributed by atoms with Crippen molar-refractivity contribution < 1.29 is 14.5 Å². The van der Waals surface area contributed by atoms with Crippen molar-refractivity contribution in [3.05, 3.63) is 69.8 Å². The summed E-state index contributed by atoms with van der Waals surface area (Å²) in [4.78, 5) is 22.8. The monoisotopic (exact) mass is 369 g/mol. The number of hydrogen-bond donors (Lipinski definition) is 1. The molecule has 2 rings (SSSR count). The van der Waals surface area contributed by atoms with Crippen LogP contribution in [0.3, 0.4) is 0 Å². The first-order chi connectivity index (χ1) is 12.7. The first-order valence-electron chi connectivity index (χ1n) is 8.60. The number of carbonyl (C=O) groups excluding carboxylic acids is 1. The van der Waals surface area contributed by atoms with E-state index in [4.69, 9.17) is 4.74 Å². The van der Waals surface area contributed by atoms with Crippen LogP contribution < -0.4 is 10.2 Å². The third-order valence-corrected chi connectivity index (χ3v) is 4.05. The number of non-ortho nitro benzene ring substituents is 1. The molecule has 0 heterocycles. The molecule has 0 radical (unpaired) electrons. The van der Waals surface area contributed by atoms with Crippen LogP contribution in [-0.2, 0) is 11.2 Å². The van der Waals surface area contributed by atoms with Gasteiger partial charge in [-0.2, -0.15) is 5.10 Å². The Hall–Kier alpha value is -3.22. The van der Waals surface area contributed by atoms with Crippen molar-refractivity contribution in [3.63, 3.8) is 0 Å². The summed E-state index contributed by atoms with van der Waals surface area (Å²) >= 11 is 0. The lowest BCUT2D eigenvalue weighted by atomic mass is 10.1. The van der Waals surface area contributed by atoms with E-state index in [1.165, 1.54) is 17.7 Å². The molecule has 0 unspecified atom stereocenters. The van der Waals surface area contributed by atoms with Crippen LogP contribution in [0.1, 0.15) is 38.8 Å². The zero-order valence-electron chi connectivity index (χ0n) is 15.9. The molecule has 27 heavy (non-hydrogen) atoms. The molecule has 0 atom stereocenters. The molecule has 0 aliphatic heterocycles. The third-order valence-electron chi connectivity index (χ3n) is 4.05. The Morgan fingerprint density at radius 3 is 2.48 bits per heavy atom. The number of hydrogen-bond acceptors (Lipinski definition) is 5. The Kier molecular flexibility index (Phi) is 6.28. The normalized spacial score (nSPS) is 11.8. The number of nitrogens with zero attached hydrogens (tertiary/aromatic N) is 2. The maximum Gasteiger partial charge on any atom is 0.283 e. The molecule has 0 aliphatic carbocycles. The zero-order chi connectivity index (χ0) is 20.0. The number of rotatable bonds is 7. The summed E-state index contributed by atoms with van der Waals surface area (Å²) in [7, 11) is 0. The molecule has 0 spiro atoms. The van der Waals surface area contributed by atoms with Crippen molar-refractivity contribution in [1.82, 2.24) is 5.43 Å². The average molecular weight is 369 g/mol. The lowest BCUT2D eigenvalue weighted by Gasteiger charge is -2.24. The molecular formula is C20H23N3O4. The van der Waals surface area contributed by atoms with Crippen molar-refractivity contribution in [1.29, 1.82) is 0 Å². The van der Waals surface area contributed by atoms with E-state index in [0.717, 1.165) is 6.42 Å². The van der Waals surface area contributed by atoms with Crippen LogP contribution in [0.5, 0.6) is 5.75 Å². The van der Waals surface area contributed by atoms with Gasteiger partial charge in [0.2, 0.25) is 0 Å². The summed E-state index contributed by atoms with van der Waals surface area (Å²) in [5.41, 5.74) is 3.48. The first kappa shape index (κ1) is 20.1. The number of nitro groups is 1.